The minimum atomic E-state index is -0.460. The second kappa shape index (κ2) is 6.30. The largest absolute Gasteiger partial charge is 0.444 e. The minimum Gasteiger partial charge on any atom is -0.444 e. The van der Waals surface area contributed by atoms with Crippen LogP contribution < -0.4 is 0 Å². The maximum absolute atomic E-state index is 12.3. The van der Waals surface area contributed by atoms with Gasteiger partial charge in [-0.05, 0) is 50.8 Å². The number of aromatic nitrogens is 2. The molecule has 5 nitrogen and oxygen atoms in total. The van der Waals surface area contributed by atoms with Crippen molar-refractivity contribution in [1.29, 1.82) is 0 Å². The van der Waals surface area contributed by atoms with Gasteiger partial charge < -0.3 is 14.2 Å². The van der Waals surface area contributed by atoms with Crippen molar-refractivity contribution in [3.63, 3.8) is 0 Å². The molecule has 3 rings (SSSR count). The molecule has 1 aliphatic rings. The second-order valence-electron chi connectivity index (χ2n) is 7.31. The molecule has 0 aliphatic carbocycles. The molecule has 0 N–H and O–H groups in total. The summed E-state index contributed by atoms with van der Waals surface area (Å²) in [5.41, 5.74) is 3.41. The summed E-state index contributed by atoms with van der Waals surface area (Å²) in [6, 6.07) is 6.34. The highest BCUT2D eigenvalue weighted by molar-refractivity contribution is 5.68. The summed E-state index contributed by atoms with van der Waals surface area (Å²) < 4.78 is 7.65. The van der Waals surface area contributed by atoms with Gasteiger partial charge in [-0.2, -0.15) is 0 Å². The Balaban J connectivity index is 1.77. The first-order valence-corrected chi connectivity index (χ1v) is 8.39. The van der Waals surface area contributed by atoms with Crippen LogP contribution in [-0.2, 0) is 24.2 Å². The van der Waals surface area contributed by atoms with Crippen LogP contribution in [0.5, 0.6) is 0 Å². The highest BCUT2D eigenvalue weighted by Gasteiger charge is 2.26. The zero-order chi connectivity index (χ0) is 17.3. The lowest BCUT2D eigenvalue weighted by molar-refractivity contribution is 0.0223. The molecule has 2 aromatic rings. The van der Waals surface area contributed by atoms with Crippen molar-refractivity contribution in [2.24, 2.45) is 0 Å². The Bertz CT molecular complexity index is 743. The van der Waals surface area contributed by atoms with E-state index in [1.807, 2.05) is 40.1 Å². The van der Waals surface area contributed by atoms with E-state index in [0.717, 1.165) is 18.8 Å². The number of nitrogens with zero attached hydrogens (tertiary/aromatic N) is 3. The van der Waals surface area contributed by atoms with Crippen LogP contribution in [0.15, 0.2) is 30.6 Å². The van der Waals surface area contributed by atoms with E-state index in [4.69, 9.17) is 4.74 Å². The summed E-state index contributed by atoms with van der Waals surface area (Å²) in [7, 11) is 0. The molecular weight excluding hydrogens is 302 g/mol. The Kier molecular flexibility index (Phi) is 4.35. The molecule has 0 unspecified atom stereocenters. The normalized spacial score (nSPS) is 14.4. The Morgan fingerprint density at radius 2 is 2.12 bits per heavy atom. The number of fused-ring (bicyclic) bond motifs is 1. The summed E-state index contributed by atoms with van der Waals surface area (Å²) in [5, 5.41) is 0. The van der Waals surface area contributed by atoms with Gasteiger partial charge >= 0.3 is 6.09 Å². The third kappa shape index (κ3) is 3.61. The molecule has 1 aromatic carbocycles. The number of amides is 1. The van der Waals surface area contributed by atoms with Gasteiger partial charge in [0.1, 0.15) is 11.4 Å². The molecule has 0 fully saturated rings. The Hall–Kier alpha value is -2.30. The maximum Gasteiger partial charge on any atom is 0.410 e. The van der Waals surface area contributed by atoms with Crippen molar-refractivity contribution in [3.8, 4) is 0 Å². The predicted octanol–water partition coefficient (Wildman–Crippen LogP) is 3.53. The van der Waals surface area contributed by atoms with Crippen LogP contribution in [0.1, 0.15) is 43.3 Å². The number of carbonyl (C=O) groups is 1. The van der Waals surface area contributed by atoms with Crippen LogP contribution in [0.4, 0.5) is 4.79 Å². The van der Waals surface area contributed by atoms with Crippen molar-refractivity contribution in [1.82, 2.24) is 14.5 Å². The highest BCUT2D eigenvalue weighted by atomic mass is 16.6. The van der Waals surface area contributed by atoms with Gasteiger partial charge in [0.15, 0.2) is 0 Å². The van der Waals surface area contributed by atoms with E-state index in [1.54, 1.807) is 4.90 Å². The first-order chi connectivity index (χ1) is 11.3. The number of ether oxygens (including phenoxy) is 1. The number of hydrogen-bond acceptors (Lipinski definition) is 3. The Morgan fingerprint density at radius 1 is 1.33 bits per heavy atom. The van der Waals surface area contributed by atoms with Crippen LogP contribution in [0.25, 0.3) is 0 Å². The van der Waals surface area contributed by atoms with Crippen molar-refractivity contribution >= 4 is 6.09 Å². The Morgan fingerprint density at radius 3 is 2.79 bits per heavy atom. The number of imidazole rings is 1. The Labute approximate surface area is 143 Å². The summed E-state index contributed by atoms with van der Waals surface area (Å²) in [6.45, 7) is 9.83. The van der Waals surface area contributed by atoms with Crippen LogP contribution in [0, 0.1) is 6.92 Å². The van der Waals surface area contributed by atoms with Gasteiger partial charge in [-0.3, -0.25) is 0 Å². The average Bonchev–Trinajstić information content (AvgIpc) is 2.90. The van der Waals surface area contributed by atoms with Gasteiger partial charge in [-0.1, -0.05) is 18.2 Å². The molecular formula is C19H25N3O2. The molecule has 1 amide bonds. The SMILES string of the molecule is Cc1nccn1Cc1cccc2c1CCN(C(=O)OC(C)(C)C)C2. The van der Waals surface area contributed by atoms with E-state index in [0.29, 0.717) is 13.1 Å². The topological polar surface area (TPSA) is 47.4 Å². The lowest BCUT2D eigenvalue weighted by Crippen LogP contribution is -2.40. The van der Waals surface area contributed by atoms with Gasteiger partial charge in [0.25, 0.3) is 0 Å². The van der Waals surface area contributed by atoms with E-state index in [2.05, 4.69) is 27.8 Å². The molecule has 1 aromatic heterocycles. The summed E-state index contributed by atoms with van der Waals surface area (Å²) in [4.78, 5) is 18.4. The van der Waals surface area contributed by atoms with Gasteiger partial charge in [0, 0.05) is 32.0 Å². The van der Waals surface area contributed by atoms with Crippen LogP contribution in [-0.4, -0.2) is 32.7 Å². The first kappa shape index (κ1) is 16.6. The molecule has 128 valence electrons. The van der Waals surface area contributed by atoms with E-state index in [1.165, 1.54) is 16.7 Å². The quantitative estimate of drug-likeness (QED) is 0.848. The van der Waals surface area contributed by atoms with Crippen molar-refractivity contribution in [2.45, 2.75) is 52.8 Å². The summed E-state index contributed by atoms with van der Waals surface area (Å²) in [5.74, 6) is 1.01. The molecule has 0 saturated carbocycles. The number of rotatable bonds is 2. The molecule has 0 bridgehead atoms. The van der Waals surface area contributed by atoms with E-state index in [-0.39, 0.29) is 6.09 Å². The number of hydrogen-bond donors (Lipinski definition) is 0. The number of carbonyl (C=O) groups excluding carboxylic acids is 1. The average molecular weight is 327 g/mol. The highest BCUT2D eigenvalue weighted by Crippen LogP contribution is 2.25. The van der Waals surface area contributed by atoms with Crippen LogP contribution in [0.2, 0.25) is 0 Å². The molecule has 0 radical (unpaired) electrons. The molecule has 1 aliphatic heterocycles. The van der Waals surface area contributed by atoms with Gasteiger partial charge in [0.05, 0.1) is 0 Å². The molecule has 0 atom stereocenters. The predicted molar refractivity (Wildman–Crippen MR) is 92.9 cm³/mol. The van der Waals surface area contributed by atoms with E-state index < -0.39 is 5.60 Å². The van der Waals surface area contributed by atoms with Gasteiger partial charge in [-0.25, -0.2) is 9.78 Å². The molecule has 5 heteroatoms. The monoisotopic (exact) mass is 327 g/mol. The minimum absolute atomic E-state index is 0.232. The zero-order valence-electron chi connectivity index (χ0n) is 14.9. The summed E-state index contributed by atoms with van der Waals surface area (Å²) >= 11 is 0. The first-order valence-electron chi connectivity index (χ1n) is 8.39. The third-order valence-electron chi connectivity index (χ3n) is 4.28. The number of benzene rings is 1. The van der Waals surface area contributed by atoms with Crippen molar-refractivity contribution < 1.29 is 9.53 Å². The lowest BCUT2D eigenvalue weighted by atomic mass is 9.94. The van der Waals surface area contributed by atoms with Crippen LogP contribution >= 0.6 is 0 Å². The fourth-order valence-corrected chi connectivity index (χ4v) is 3.07. The van der Waals surface area contributed by atoms with Crippen molar-refractivity contribution in [3.05, 3.63) is 53.1 Å². The van der Waals surface area contributed by atoms with Crippen molar-refractivity contribution in [2.75, 3.05) is 6.54 Å². The van der Waals surface area contributed by atoms with E-state index in [9.17, 15) is 4.79 Å². The maximum atomic E-state index is 12.3. The smallest absolute Gasteiger partial charge is 0.410 e. The second-order valence-corrected chi connectivity index (χ2v) is 7.31. The molecule has 0 spiro atoms. The fraction of sp³-hybridized carbons (Fsp3) is 0.474. The van der Waals surface area contributed by atoms with E-state index >= 15 is 0 Å². The fourth-order valence-electron chi connectivity index (χ4n) is 3.07. The van der Waals surface area contributed by atoms with Gasteiger partial charge in [0.2, 0.25) is 0 Å². The third-order valence-corrected chi connectivity index (χ3v) is 4.28. The van der Waals surface area contributed by atoms with Crippen LogP contribution in [0.3, 0.4) is 0 Å². The number of aryl methyl sites for hydroxylation is 1. The molecule has 24 heavy (non-hydrogen) atoms. The van der Waals surface area contributed by atoms with Gasteiger partial charge in [-0.15, -0.1) is 0 Å². The summed E-state index contributed by atoms with van der Waals surface area (Å²) in [6.07, 6.45) is 4.46. The molecule has 0 saturated heterocycles. The zero-order valence-corrected chi connectivity index (χ0v) is 14.9. The lowest BCUT2D eigenvalue weighted by Gasteiger charge is -2.32. The standard InChI is InChI=1S/C19H25N3O2/c1-14-20-9-11-21(14)12-15-6-5-7-16-13-22(10-8-17(15)16)18(23)24-19(2,3)4/h5-7,9,11H,8,10,12-13H2,1-4H3. The molecule has 2 heterocycles.